The Morgan fingerprint density at radius 3 is 3.00 bits per heavy atom. The molecule has 1 aromatic rings. The lowest BCUT2D eigenvalue weighted by atomic mass is 10.1. The SMILES string of the molecule is CC(N)CNCCc1ccc2c(c1)CC(=O)N2C. The third-order valence-corrected chi connectivity index (χ3v) is 3.28. The predicted octanol–water partition coefficient (Wildman–Crippen LogP) is 0.685. The summed E-state index contributed by atoms with van der Waals surface area (Å²) in [5, 5.41) is 3.32. The molecule has 4 heteroatoms. The van der Waals surface area contributed by atoms with Gasteiger partial charge < -0.3 is 16.0 Å². The maximum atomic E-state index is 11.6. The Bertz CT molecular complexity index is 443. The summed E-state index contributed by atoms with van der Waals surface area (Å²) in [7, 11) is 1.83. The number of carbonyl (C=O) groups is 1. The largest absolute Gasteiger partial charge is 0.327 e. The lowest BCUT2D eigenvalue weighted by molar-refractivity contribution is -0.117. The van der Waals surface area contributed by atoms with Crippen LogP contribution in [0.4, 0.5) is 5.69 Å². The number of anilines is 1. The van der Waals surface area contributed by atoms with Gasteiger partial charge in [-0.05, 0) is 37.1 Å². The van der Waals surface area contributed by atoms with Gasteiger partial charge >= 0.3 is 0 Å². The van der Waals surface area contributed by atoms with Gasteiger partial charge in [0.2, 0.25) is 5.91 Å². The molecule has 3 N–H and O–H groups in total. The van der Waals surface area contributed by atoms with Crippen LogP contribution in [-0.4, -0.2) is 32.1 Å². The Labute approximate surface area is 108 Å². The molecular weight excluding hydrogens is 226 g/mol. The first-order valence-corrected chi connectivity index (χ1v) is 6.42. The fraction of sp³-hybridized carbons (Fsp3) is 0.500. The highest BCUT2D eigenvalue weighted by Crippen LogP contribution is 2.28. The molecule has 1 aliphatic heterocycles. The van der Waals surface area contributed by atoms with E-state index in [9.17, 15) is 4.79 Å². The third kappa shape index (κ3) is 2.89. The van der Waals surface area contributed by atoms with Crippen molar-refractivity contribution < 1.29 is 4.79 Å². The molecule has 0 fully saturated rings. The molecule has 4 nitrogen and oxygen atoms in total. The van der Waals surface area contributed by atoms with Gasteiger partial charge in [-0.15, -0.1) is 0 Å². The van der Waals surface area contributed by atoms with Crippen LogP contribution in [0, 0.1) is 0 Å². The van der Waals surface area contributed by atoms with Gasteiger partial charge in [0.25, 0.3) is 0 Å². The molecule has 0 bridgehead atoms. The van der Waals surface area contributed by atoms with Gasteiger partial charge in [-0.25, -0.2) is 0 Å². The van der Waals surface area contributed by atoms with E-state index in [4.69, 9.17) is 5.73 Å². The molecule has 0 aromatic heterocycles. The van der Waals surface area contributed by atoms with Crippen LogP contribution >= 0.6 is 0 Å². The number of benzene rings is 1. The van der Waals surface area contributed by atoms with Crippen LogP contribution in [0.15, 0.2) is 18.2 Å². The average Bonchev–Trinajstić information content (AvgIpc) is 2.60. The van der Waals surface area contributed by atoms with Crippen LogP contribution in [0.2, 0.25) is 0 Å². The van der Waals surface area contributed by atoms with Crippen LogP contribution in [-0.2, 0) is 17.6 Å². The second kappa shape index (κ2) is 5.50. The zero-order chi connectivity index (χ0) is 13.1. The minimum atomic E-state index is 0.178. The molecule has 0 spiro atoms. The summed E-state index contributed by atoms with van der Waals surface area (Å²) in [5.74, 6) is 0.178. The normalized spacial score (nSPS) is 15.9. The molecular formula is C14H21N3O. The van der Waals surface area contributed by atoms with E-state index in [-0.39, 0.29) is 11.9 Å². The van der Waals surface area contributed by atoms with E-state index in [1.54, 1.807) is 4.90 Å². The number of hydrogen-bond acceptors (Lipinski definition) is 3. The van der Waals surface area contributed by atoms with E-state index in [0.29, 0.717) is 6.42 Å². The van der Waals surface area contributed by atoms with E-state index in [0.717, 1.165) is 30.8 Å². The smallest absolute Gasteiger partial charge is 0.231 e. The average molecular weight is 247 g/mol. The highest BCUT2D eigenvalue weighted by molar-refractivity contribution is 6.00. The van der Waals surface area contributed by atoms with E-state index in [2.05, 4.69) is 17.4 Å². The fourth-order valence-electron chi connectivity index (χ4n) is 2.24. The first kappa shape index (κ1) is 13.1. The number of carbonyl (C=O) groups excluding carboxylic acids is 1. The molecule has 1 amide bonds. The number of fused-ring (bicyclic) bond motifs is 1. The minimum Gasteiger partial charge on any atom is -0.327 e. The molecule has 1 heterocycles. The number of nitrogens with one attached hydrogen (secondary N) is 1. The summed E-state index contributed by atoms with van der Waals surface area (Å²) in [5.41, 5.74) is 9.14. The van der Waals surface area contributed by atoms with Gasteiger partial charge in [-0.3, -0.25) is 4.79 Å². The molecule has 1 aliphatic rings. The maximum Gasteiger partial charge on any atom is 0.231 e. The molecule has 0 radical (unpaired) electrons. The van der Waals surface area contributed by atoms with Crippen LogP contribution in [0.3, 0.4) is 0 Å². The number of hydrogen-bond donors (Lipinski definition) is 2. The van der Waals surface area contributed by atoms with Crippen LogP contribution in [0.25, 0.3) is 0 Å². The lowest BCUT2D eigenvalue weighted by Gasteiger charge is -2.11. The third-order valence-electron chi connectivity index (χ3n) is 3.28. The van der Waals surface area contributed by atoms with Crippen molar-refractivity contribution in [3.05, 3.63) is 29.3 Å². The molecule has 1 aromatic carbocycles. The van der Waals surface area contributed by atoms with Crippen molar-refractivity contribution in [1.82, 2.24) is 5.32 Å². The monoisotopic (exact) mass is 247 g/mol. The van der Waals surface area contributed by atoms with Crippen LogP contribution in [0.5, 0.6) is 0 Å². The molecule has 0 saturated heterocycles. The van der Waals surface area contributed by atoms with Crippen molar-refractivity contribution in [2.75, 3.05) is 25.0 Å². The quantitative estimate of drug-likeness (QED) is 0.752. The zero-order valence-electron chi connectivity index (χ0n) is 11.1. The highest BCUT2D eigenvalue weighted by atomic mass is 16.2. The summed E-state index contributed by atoms with van der Waals surface area (Å²) in [6.07, 6.45) is 1.50. The molecule has 1 unspecified atom stereocenters. The minimum absolute atomic E-state index is 0.178. The van der Waals surface area contributed by atoms with Gasteiger partial charge in [-0.2, -0.15) is 0 Å². The van der Waals surface area contributed by atoms with Crippen molar-refractivity contribution in [1.29, 1.82) is 0 Å². The van der Waals surface area contributed by atoms with Crippen molar-refractivity contribution in [3.63, 3.8) is 0 Å². The first-order valence-electron chi connectivity index (χ1n) is 6.42. The van der Waals surface area contributed by atoms with Gasteiger partial charge in [0, 0.05) is 25.3 Å². The predicted molar refractivity (Wildman–Crippen MR) is 73.8 cm³/mol. The molecule has 98 valence electrons. The number of nitrogens with two attached hydrogens (primary N) is 1. The number of nitrogens with zero attached hydrogens (tertiary/aromatic N) is 1. The Morgan fingerprint density at radius 2 is 2.28 bits per heavy atom. The Hall–Kier alpha value is -1.39. The van der Waals surface area contributed by atoms with E-state index in [1.165, 1.54) is 5.56 Å². The first-order chi connectivity index (χ1) is 8.58. The van der Waals surface area contributed by atoms with Gasteiger partial charge in [-0.1, -0.05) is 12.1 Å². The second-order valence-corrected chi connectivity index (χ2v) is 5.02. The topological polar surface area (TPSA) is 58.4 Å². The molecule has 2 rings (SSSR count). The van der Waals surface area contributed by atoms with Crippen LogP contribution < -0.4 is 16.0 Å². The Kier molecular flexibility index (Phi) is 3.99. The number of rotatable bonds is 5. The summed E-state index contributed by atoms with van der Waals surface area (Å²) >= 11 is 0. The molecule has 0 saturated carbocycles. The number of likely N-dealkylation sites (N-methyl/N-ethyl adjacent to an activating group) is 1. The van der Waals surface area contributed by atoms with Gasteiger partial charge in [0.15, 0.2) is 0 Å². The summed E-state index contributed by atoms with van der Waals surface area (Å²) in [6, 6.07) is 6.48. The summed E-state index contributed by atoms with van der Waals surface area (Å²) in [4.78, 5) is 13.3. The Balaban J connectivity index is 1.92. The summed E-state index contributed by atoms with van der Waals surface area (Å²) < 4.78 is 0. The van der Waals surface area contributed by atoms with Crippen molar-refractivity contribution in [2.45, 2.75) is 25.8 Å². The van der Waals surface area contributed by atoms with Crippen molar-refractivity contribution in [2.24, 2.45) is 5.73 Å². The second-order valence-electron chi connectivity index (χ2n) is 5.02. The van der Waals surface area contributed by atoms with Gasteiger partial charge in [0.1, 0.15) is 0 Å². The summed E-state index contributed by atoms with van der Waals surface area (Å²) in [6.45, 7) is 3.75. The molecule has 1 atom stereocenters. The Morgan fingerprint density at radius 1 is 1.50 bits per heavy atom. The van der Waals surface area contributed by atoms with Crippen LogP contribution in [0.1, 0.15) is 18.1 Å². The molecule has 18 heavy (non-hydrogen) atoms. The van der Waals surface area contributed by atoms with Crippen molar-refractivity contribution in [3.8, 4) is 0 Å². The lowest BCUT2D eigenvalue weighted by Crippen LogP contribution is -2.32. The number of amides is 1. The maximum absolute atomic E-state index is 11.6. The fourth-order valence-corrected chi connectivity index (χ4v) is 2.24. The van der Waals surface area contributed by atoms with E-state index in [1.807, 2.05) is 20.0 Å². The highest BCUT2D eigenvalue weighted by Gasteiger charge is 2.23. The zero-order valence-corrected chi connectivity index (χ0v) is 11.1. The van der Waals surface area contributed by atoms with Crippen molar-refractivity contribution >= 4 is 11.6 Å². The van der Waals surface area contributed by atoms with E-state index >= 15 is 0 Å². The standard InChI is InChI=1S/C14H21N3O/c1-10(15)9-16-6-5-11-3-4-13-12(7-11)8-14(18)17(13)2/h3-4,7,10,16H,5-6,8-9,15H2,1-2H3. The van der Waals surface area contributed by atoms with E-state index < -0.39 is 0 Å². The molecule has 0 aliphatic carbocycles. The van der Waals surface area contributed by atoms with Gasteiger partial charge in [0.05, 0.1) is 6.42 Å².